The molecule has 0 bridgehead atoms. The van der Waals surface area contributed by atoms with E-state index in [0.717, 1.165) is 5.57 Å². The summed E-state index contributed by atoms with van der Waals surface area (Å²) in [6.07, 6.45) is 3.88. The number of likely N-dealkylation sites (tertiary alicyclic amines) is 1. The summed E-state index contributed by atoms with van der Waals surface area (Å²) in [5.41, 5.74) is 2.50. The molecule has 1 heterocycles. The molecule has 1 N–H and O–H groups in total. The molecular formula is C25H22ClNO6. The fraction of sp³-hybridized carbons (Fsp3) is 0.360. The molecule has 0 saturated carbocycles. The van der Waals surface area contributed by atoms with Gasteiger partial charge in [-0.15, -0.1) is 0 Å². The van der Waals surface area contributed by atoms with E-state index in [1.54, 1.807) is 19.1 Å². The average molecular weight is 468 g/mol. The Labute approximate surface area is 195 Å². The number of allylic oxidation sites excluding steroid dienone is 6. The molecule has 1 saturated heterocycles. The van der Waals surface area contributed by atoms with Gasteiger partial charge < -0.3 is 9.84 Å². The van der Waals surface area contributed by atoms with E-state index >= 15 is 0 Å². The predicted octanol–water partition coefficient (Wildman–Crippen LogP) is 3.11. The van der Waals surface area contributed by atoms with Gasteiger partial charge in [0.1, 0.15) is 0 Å². The number of imide groups is 1. The number of benzene rings is 1. The molecule has 0 radical (unpaired) electrons. The second-order valence-corrected chi connectivity index (χ2v) is 9.42. The molecule has 5 rings (SSSR count). The lowest BCUT2D eigenvalue weighted by Gasteiger charge is -2.42. The van der Waals surface area contributed by atoms with E-state index in [1.165, 1.54) is 25.1 Å². The highest BCUT2D eigenvalue weighted by Crippen LogP contribution is 2.55. The molecule has 4 unspecified atom stereocenters. The molecule has 4 atom stereocenters. The Balaban J connectivity index is 1.74. The van der Waals surface area contributed by atoms with Crippen LogP contribution in [0.4, 0.5) is 0 Å². The van der Waals surface area contributed by atoms with Crippen molar-refractivity contribution in [2.75, 3.05) is 14.2 Å². The van der Waals surface area contributed by atoms with Crippen LogP contribution in [-0.4, -0.2) is 47.5 Å². The van der Waals surface area contributed by atoms with Crippen LogP contribution in [0.5, 0.6) is 11.5 Å². The van der Waals surface area contributed by atoms with Gasteiger partial charge in [0.2, 0.25) is 11.8 Å². The molecule has 7 nitrogen and oxygen atoms in total. The van der Waals surface area contributed by atoms with Gasteiger partial charge >= 0.3 is 0 Å². The van der Waals surface area contributed by atoms with Gasteiger partial charge in [-0.2, -0.15) is 0 Å². The first kappa shape index (κ1) is 21.6. The van der Waals surface area contributed by atoms with Crippen LogP contribution in [0.2, 0.25) is 5.02 Å². The molecule has 1 aromatic rings. The number of hydrogen-bond acceptors (Lipinski definition) is 6. The predicted molar refractivity (Wildman–Crippen MR) is 119 cm³/mol. The van der Waals surface area contributed by atoms with Crippen molar-refractivity contribution in [1.82, 2.24) is 4.90 Å². The molecule has 2 amide bonds. The monoisotopic (exact) mass is 467 g/mol. The Kier molecular flexibility index (Phi) is 4.86. The van der Waals surface area contributed by atoms with Gasteiger partial charge in [-0.1, -0.05) is 23.3 Å². The molecule has 1 fully saturated rings. The highest BCUT2D eigenvalue weighted by molar-refractivity contribution is 6.32. The molecule has 170 valence electrons. The van der Waals surface area contributed by atoms with Crippen LogP contribution < -0.4 is 4.74 Å². The number of halogens is 1. The summed E-state index contributed by atoms with van der Waals surface area (Å²) in [6, 6.07) is 3.16. The van der Waals surface area contributed by atoms with E-state index in [-0.39, 0.29) is 46.3 Å². The lowest BCUT2D eigenvalue weighted by atomic mass is 9.59. The number of amides is 2. The third kappa shape index (κ3) is 2.95. The van der Waals surface area contributed by atoms with Gasteiger partial charge in [0.15, 0.2) is 23.1 Å². The van der Waals surface area contributed by atoms with E-state index in [4.69, 9.17) is 16.3 Å². The number of ketones is 2. The Hall–Kier alpha value is -3.19. The minimum atomic E-state index is -0.638. The molecule has 0 aromatic heterocycles. The van der Waals surface area contributed by atoms with Gasteiger partial charge in [-0.05, 0) is 49.5 Å². The summed E-state index contributed by atoms with van der Waals surface area (Å²) in [6.45, 7) is 1.60. The first-order chi connectivity index (χ1) is 15.6. The first-order valence-electron chi connectivity index (χ1n) is 10.7. The number of fused-ring (bicyclic) bond motifs is 3. The zero-order chi connectivity index (χ0) is 23.8. The Morgan fingerprint density at radius 2 is 1.85 bits per heavy atom. The maximum atomic E-state index is 13.2. The maximum absolute atomic E-state index is 13.2. The fourth-order valence-corrected chi connectivity index (χ4v) is 6.05. The highest BCUT2D eigenvalue weighted by Gasteiger charge is 2.55. The molecule has 33 heavy (non-hydrogen) atoms. The number of phenolic OH excluding ortho intramolecular Hbond substituents is 1. The van der Waals surface area contributed by atoms with Crippen LogP contribution in [0.15, 0.2) is 46.6 Å². The van der Waals surface area contributed by atoms with Crippen LogP contribution in [0.1, 0.15) is 31.2 Å². The number of carbonyl (C=O) groups excluding carboxylic acids is 4. The lowest BCUT2D eigenvalue weighted by molar-refractivity contribution is -0.138. The minimum absolute atomic E-state index is 0.0519. The second kappa shape index (κ2) is 7.42. The molecular weight excluding hydrogens is 446 g/mol. The summed E-state index contributed by atoms with van der Waals surface area (Å²) in [4.78, 5) is 53.2. The largest absolute Gasteiger partial charge is 0.503 e. The standard InChI is InChI=1S/C25H22ClNO6/c1-10-6-17(28)21-15(22(10)29)9-14-12(4-5-13-20(14)25(32)27(2)24(13)31)19(21)11-7-16(26)23(30)18(8-11)33-3/h4,6-8,13-14,19-20,30H,5,9H2,1-3H3. The van der Waals surface area contributed by atoms with Crippen molar-refractivity contribution in [2.24, 2.45) is 17.8 Å². The number of Topliss-reactive ketones (excluding diaryl/α,β-unsaturated/α-hetero) is 1. The number of carbonyl (C=O) groups is 4. The second-order valence-electron chi connectivity index (χ2n) is 9.02. The number of phenols is 1. The molecule has 1 aliphatic heterocycles. The van der Waals surface area contributed by atoms with Gasteiger partial charge in [0.05, 0.1) is 24.0 Å². The van der Waals surface area contributed by atoms with E-state index in [9.17, 15) is 24.3 Å². The van der Waals surface area contributed by atoms with Crippen molar-refractivity contribution in [3.63, 3.8) is 0 Å². The molecule has 4 aliphatic rings. The third-order valence-corrected chi connectivity index (χ3v) is 7.67. The van der Waals surface area contributed by atoms with E-state index < -0.39 is 23.7 Å². The van der Waals surface area contributed by atoms with Crippen LogP contribution in [0.25, 0.3) is 0 Å². The van der Waals surface area contributed by atoms with Gasteiger partial charge in [-0.3, -0.25) is 24.1 Å². The molecule has 1 aromatic carbocycles. The minimum Gasteiger partial charge on any atom is -0.503 e. The number of aromatic hydroxyl groups is 1. The van der Waals surface area contributed by atoms with E-state index in [0.29, 0.717) is 28.7 Å². The summed E-state index contributed by atoms with van der Waals surface area (Å²) in [7, 11) is 2.88. The van der Waals surface area contributed by atoms with Gasteiger partial charge in [0.25, 0.3) is 0 Å². The van der Waals surface area contributed by atoms with Crippen molar-refractivity contribution < 1.29 is 29.0 Å². The quantitative estimate of drug-likeness (QED) is 0.407. The highest BCUT2D eigenvalue weighted by atomic mass is 35.5. The van der Waals surface area contributed by atoms with Crippen LogP contribution in [0.3, 0.4) is 0 Å². The fourth-order valence-electron chi connectivity index (χ4n) is 5.83. The summed E-state index contributed by atoms with van der Waals surface area (Å²) in [5, 5.41) is 10.3. The average Bonchev–Trinajstić information content (AvgIpc) is 3.02. The topological polar surface area (TPSA) is 101 Å². The summed E-state index contributed by atoms with van der Waals surface area (Å²) in [5.74, 6) is -3.12. The Bertz CT molecular complexity index is 1260. The summed E-state index contributed by atoms with van der Waals surface area (Å²) >= 11 is 6.27. The van der Waals surface area contributed by atoms with Gasteiger partial charge in [-0.25, -0.2) is 0 Å². The molecule has 3 aliphatic carbocycles. The molecule has 0 spiro atoms. The zero-order valence-electron chi connectivity index (χ0n) is 18.3. The number of methoxy groups -OCH3 is 1. The van der Waals surface area contributed by atoms with Crippen molar-refractivity contribution in [3.8, 4) is 11.5 Å². The van der Waals surface area contributed by atoms with Crippen molar-refractivity contribution >= 4 is 35.0 Å². The Morgan fingerprint density at radius 3 is 2.55 bits per heavy atom. The van der Waals surface area contributed by atoms with Crippen molar-refractivity contribution in [3.05, 3.63) is 57.2 Å². The molecule has 8 heteroatoms. The zero-order valence-corrected chi connectivity index (χ0v) is 19.1. The smallest absolute Gasteiger partial charge is 0.233 e. The first-order valence-corrected chi connectivity index (χ1v) is 11.1. The Morgan fingerprint density at radius 1 is 1.12 bits per heavy atom. The maximum Gasteiger partial charge on any atom is 0.233 e. The number of nitrogens with zero attached hydrogens (tertiary/aromatic N) is 1. The number of ether oxygens (including phenoxy) is 1. The van der Waals surface area contributed by atoms with Crippen LogP contribution >= 0.6 is 11.6 Å². The normalized spacial score (nSPS) is 28.9. The summed E-state index contributed by atoms with van der Waals surface area (Å²) < 4.78 is 5.27. The van der Waals surface area contributed by atoms with Gasteiger partial charge in [0, 0.05) is 29.7 Å². The SMILES string of the molecule is COc1cc(C2C3=CCC4C(=O)N(C)C(=O)C4C3CC3=C2C(=O)C=C(C)C3=O)cc(Cl)c1O. The lowest BCUT2D eigenvalue weighted by Crippen LogP contribution is -2.39. The van der Waals surface area contributed by atoms with Crippen LogP contribution in [0, 0.1) is 17.8 Å². The van der Waals surface area contributed by atoms with Crippen molar-refractivity contribution in [1.29, 1.82) is 0 Å². The van der Waals surface area contributed by atoms with Crippen molar-refractivity contribution in [2.45, 2.75) is 25.7 Å². The number of hydrogen-bond donors (Lipinski definition) is 1. The van der Waals surface area contributed by atoms with E-state index in [1.807, 2.05) is 6.08 Å². The number of rotatable bonds is 2. The van der Waals surface area contributed by atoms with E-state index in [2.05, 4.69) is 0 Å². The van der Waals surface area contributed by atoms with Crippen LogP contribution in [-0.2, 0) is 19.2 Å². The third-order valence-electron chi connectivity index (χ3n) is 7.39.